The quantitative estimate of drug-likeness (QED) is 0.688. The van der Waals surface area contributed by atoms with Crippen LogP contribution < -0.4 is 0 Å². The van der Waals surface area contributed by atoms with Crippen molar-refractivity contribution in [3.8, 4) is 0 Å². The summed E-state index contributed by atoms with van der Waals surface area (Å²) in [5, 5.41) is 12.6. The van der Waals surface area contributed by atoms with Crippen LogP contribution in [0, 0.1) is 11.8 Å². The molecule has 2 rings (SSSR count). The van der Waals surface area contributed by atoms with Crippen molar-refractivity contribution in [3.05, 3.63) is 5.57 Å². The van der Waals surface area contributed by atoms with Gasteiger partial charge in [-0.2, -0.15) is 0 Å². The lowest BCUT2D eigenvalue weighted by Gasteiger charge is -2.33. The second kappa shape index (κ2) is 3.46. The molecule has 1 aliphatic carbocycles. The monoisotopic (exact) mass is 195 g/mol. The minimum Gasteiger partial charge on any atom is -0.481 e. The molecule has 1 N–H and O–H groups in total. The Hall–Kier alpha value is -1.28. The van der Waals surface area contributed by atoms with Crippen LogP contribution in [0.4, 0.5) is 0 Å². The zero-order chi connectivity index (χ0) is 10.1. The maximum atomic E-state index is 10.8. The van der Waals surface area contributed by atoms with Gasteiger partial charge in [0.1, 0.15) is 6.10 Å². The van der Waals surface area contributed by atoms with Gasteiger partial charge in [-0.3, -0.25) is 4.79 Å². The number of carbonyl (C=O) groups is 1. The number of carboxylic acids is 1. The topological polar surface area (TPSA) is 58.9 Å². The number of aliphatic carboxylic acids is 1. The van der Waals surface area contributed by atoms with E-state index in [4.69, 9.17) is 9.94 Å². The lowest BCUT2D eigenvalue weighted by Crippen LogP contribution is -2.35. The molecule has 0 aromatic heterocycles. The average Bonchev–Trinajstić information content (AvgIpc) is 2.18. The number of hydrogen-bond donors (Lipinski definition) is 1. The first-order valence-electron chi connectivity index (χ1n) is 4.86. The molecule has 4 nitrogen and oxygen atoms in total. The second-order valence-electron chi connectivity index (χ2n) is 3.98. The van der Waals surface area contributed by atoms with E-state index in [1.54, 1.807) is 0 Å². The molecule has 0 saturated heterocycles. The molecule has 76 valence electrons. The lowest BCUT2D eigenvalue weighted by atomic mass is 9.76. The SMILES string of the molecule is CC1=C=NOC2CCC(C(=O)O)C[C@@H]12. The standard InChI is InChI=1S/C10H13NO3/c1-6-5-11-14-9-3-2-7(10(12)13)4-8(6)9/h7-9H,2-4H2,1H3,(H,12,13)/t7?,8-,9?/m0/s1. The van der Waals surface area contributed by atoms with E-state index in [-0.39, 0.29) is 17.9 Å². The molecule has 14 heavy (non-hydrogen) atoms. The number of rotatable bonds is 1. The maximum absolute atomic E-state index is 10.8. The van der Waals surface area contributed by atoms with Crippen molar-refractivity contribution in [2.75, 3.05) is 0 Å². The normalized spacial score (nSPS) is 35.5. The zero-order valence-corrected chi connectivity index (χ0v) is 8.06. The van der Waals surface area contributed by atoms with Crippen LogP contribution in [0.15, 0.2) is 10.7 Å². The summed E-state index contributed by atoms with van der Waals surface area (Å²) >= 11 is 0. The Morgan fingerprint density at radius 3 is 3.14 bits per heavy atom. The third-order valence-electron chi connectivity index (χ3n) is 3.10. The van der Waals surface area contributed by atoms with E-state index < -0.39 is 5.97 Å². The van der Waals surface area contributed by atoms with E-state index in [0.29, 0.717) is 12.8 Å². The predicted molar refractivity (Wildman–Crippen MR) is 50.0 cm³/mol. The van der Waals surface area contributed by atoms with E-state index in [1.165, 1.54) is 0 Å². The Kier molecular flexibility index (Phi) is 2.30. The van der Waals surface area contributed by atoms with Crippen LogP contribution in [0.1, 0.15) is 26.2 Å². The molecule has 2 aliphatic rings. The molecule has 0 radical (unpaired) electrons. The Balaban J connectivity index is 2.13. The average molecular weight is 195 g/mol. The number of carboxylic acid groups (broad SMARTS) is 1. The fourth-order valence-corrected chi connectivity index (χ4v) is 2.20. The van der Waals surface area contributed by atoms with Crippen molar-refractivity contribution in [3.63, 3.8) is 0 Å². The van der Waals surface area contributed by atoms with Crippen LogP contribution >= 0.6 is 0 Å². The molecule has 1 heterocycles. The Labute approximate surface area is 82.2 Å². The minimum absolute atomic E-state index is 0.0758. The van der Waals surface area contributed by atoms with Crippen molar-refractivity contribution in [1.29, 1.82) is 0 Å². The Morgan fingerprint density at radius 2 is 2.43 bits per heavy atom. The third kappa shape index (κ3) is 1.53. The molecule has 1 saturated carbocycles. The summed E-state index contributed by atoms with van der Waals surface area (Å²) in [6.45, 7) is 1.94. The van der Waals surface area contributed by atoms with Crippen LogP contribution in [0.25, 0.3) is 0 Å². The highest BCUT2D eigenvalue weighted by Gasteiger charge is 2.37. The van der Waals surface area contributed by atoms with Crippen LogP contribution in [0.5, 0.6) is 0 Å². The van der Waals surface area contributed by atoms with Crippen molar-refractivity contribution in [1.82, 2.24) is 0 Å². The fraction of sp³-hybridized carbons (Fsp3) is 0.700. The van der Waals surface area contributed by atoms with Crippen molar-refractivity contribution >= 4 is 11.8 Å². The summed E-state index contributed by atoms with van der Waals surface area (Å²) in [7, 11) is 0. The van der Waals surface area contributed by atoms with Gasteiger partial charge in [-0.1, -0.05) is 0 Å². The first kappa shape index (κ1) is 9.28. The maximum Gasteiger partial charge on any atom is 0.306 e. The van der Waals surface area contributed by atoms with E-state index >= 15 is 0 Å². The highest BCUT2D eigenvalue weighted by Crippen LogP contribution is 2.36. The van der Waals surface area contributed by atoms with Crippen LogP contribution in [-0.4, -0.2) is 23.0 Å². The predicted octanol–water partition coefficient (Wildman–Crippen LogP) is 1.42. The van der Waals surface area contributed by atoms with Gasteiger partial charge in [-0.15, -0.1) is 0 Å². The first-order valence-corrected chi connectivity index (χ1v) is 4.86. The minimum atomic E-state index is -0.696. The molecule has 2 unspecified atom stereocenters. The molecule has 0 aromatic carbocycles. The van der Waals surface area contributed by atoms with Crippen LogP contribution in [0.2, 0.25) is 0 Å². The summed E-state index contributed by atoms with van der Waals surface area (Å²) in [4.78, 5) is 16.0. The summed E-state index contributed by atoms with van der Waals surface area (Å²) in [5.41, 5.74) is 1.02. The summed E-state index contributed by atoms with van der Waals surface area (Å²) in [5.74, 6) is 2.04. The summed E-state index contributed by atoms with van der Waals surface area (Å²) < 4.78 is 0. The molecule has 0 aromatic rings. The van der Waals surface area contributed by atoms with E-state index in [2.05, 4.69) is 11.0 Å². The van der Waals surface area contributed by atoms with Crippen molar-refractivity contribution in [2.45, 2.75) is 32.3 Å². The lowest BCUT2D eigenvalue weighted by molar-refractivity contribution is -0.144. The number of hydrogen-bond acceptors (Lipinski definition) is 3. The van der Waals surface area contributed by atoms with Gasteiger partial charge >= 0.3 is 5.97 Å². The first-order chi connectivity index (χ1) is 6.68. The third-order valence-corrected chi connectivity index (χ3v) is 3.10. The highest BCUT2D eigenvalue weighted by atomic mass is 16.6. The van der Waals surface area contributed by atoms with Gasteiger partial charge in [-0.05, 0) is 36.9 Å². The molecule has 4 heteroatoms. The van der Waals surface area contributed by atoms with Gasteiger partial charge in [0.2, 0.25) is 0 Å². The number of fused-ring (bicyclic) bond motifs is 1. The summed E-state index contributed by atoms with van der Waals surface area (Å²) in [6.07, 6.45) is 2.21. The fourth-order valence-electron chi connectivity index (χ4n) is 2.20. The van der Waals surface area contributed by atoms with Crippen molar-refractivity contribution in [2.24, 2.45) is 17.0 Å². The van der Waals surface area contributed by atoms with Gasteiger partial charge in [0.05, 0.1) is 5.92 Å². The van der Waals surface area contributed by atoms with Gasteiger partial charge in [0.15, 0.2) is 0 Å². The zero-order valence-electron chi connectivity index (χ0n) is 8.06. The molecule has 0 spiro atoms. The Morgan fingerprint density at radius 1 is 1.64 bits per heavy atom. The Bertz CT molecular complexity index is 317. The van der Waals surface area contributed by atoms with E-state index in [0.717, 1.165) is 12.0 Å². The largest absolute Gasteiger partial charge is 0.481 e. The second-order valence-corrected chi connectivity index (χ2v) is 3.98. The number of nitrogens with zero attached hydrogens (tertiary/aromatic N) is 1. The van der Waals surface area contributed by atoms with E-state index in [1.807, 2.05) is 6.92 Å². The van der Waals surface area contributed by atoms with Crippen molar-refractivity contribution < 1.29 is 14.7 Å². The highest BCUT2D eigenvalue weighted by molar-refractivity contribution is 5.70. The smallest absolute Gasteiger partial charge is 0.306 e. The van der Waals surface area contributed by atoms with E-state index in [9.17, 15) is 4.79 Å². The van der Waals surface area contributed by atoms with Gasteiger partial charge < -0.3 is 9.94 Å². The van der Waals surface area contributed by atoms with Crippen LogP contribution in [-0.2, 0) is 9.63 Å². The van der Waals surface area contributed by atoms with Gasteiger partial charge in [0.25, 0.3) is 0 Å². The molecule has 0 bridgehead atoms. The molecule has 0 amide bonds. The molecule has 3 atom stereocenters. The molecule has 1 aliphatic heterocycles. The van der Waals surface area contributed by atoms with Gasteiger partial charge in [-0.25, -0.2) is 0 Å². The van der Waals surface area contributed by atoms with Crippen LogP contribution in [0.3, 0.4) is 0 Å². The molecular weight excluding hydrogens is 182 g/mol. The molecule has 1 fully saturated rings. The van der Waals surface area contributed by atoms with Gasteiger partial charge in [0, 0.05) is 11.8 Å². The molecular formula is C10H13NO3. The summed E-state index contributed by atoms with van der Waals surface area (Å²) in [6, 6.07) is 0.